The van der Waals surface area contributed by atoms with Gasteiger partial charge in [-0.2, -0.15) is 0 Å². The van der Waals surface area contributed by atoms with Crippen LogP contribution in [0.3, 0.4) is 0 Å². The van der Waals surface area contributed by atoms with E-state index in [1.165, 1.54) is 0 Å². The lowest BCUT2D eigenvalue weighted by Crippen LogP contribution is -2.47. The number of rotatable bonds is 1. The van der Waals surface area contributed by atoms with Gasteiger partial charge in [-0.05, 0) is 25.7 Å². The number of carbonyl (C=O) groups excluding carboxylic acids is 1. The predicted molar refractivity (Wildman–Crippen MR) is 59.1 cm³/mol. The molecule has 1 atom stereocenters. The number of hydrogen-bond acceptors (Lipinski definition) is 3. The van der Waals surface area contributed by atoms with Crippen LogP contribution in [0, 0.1) is 0 Å². The van der Waals surface area contributed by atoms with Gasteiger partial charge < -0.3 is 10.1 Å². The van der Waals surface area contributed by atoms with Crippen LogP contribution in [-0.4, -0.2) is 36.7 Å². The number of guanidine groups is 1. The third-order valence-electron chi connectivity index (χ3n) is 3.45. The highest BCUT2D eigenvalue weighted by atomic mass is 16.5. The molecule has 2 N–H and O–H groups in total. The summed E-state index contributed by atoms with van der Waals surface area (Å²) in [6, 6.07) is 0.431. The molecule has 5 heteroatoms. The molecule has 1 saturated carbocycles. The second-order valence-corrected chi connectivity index (χ2v) is 4.84. The minimum absolute atomic E-state index is 0.0670. The zero-order valence-corrected chi connectivity index (χ0v) is 9.29. The third-order valence-corrected chi connectivity index (χ3v) is 3.45. The van der Waals surface area contributed by atoms with E-state index in [0.717, 1.165) is 38.7 Å². The Bertz CT molecular complexity index is 328. The van der Waals surface area contributed by atoms with E-state index in [1.807, 2.05) is 0 Å². The van der Waals surface area contributed by atoms with E-state index >= 15 is 0 Å². The van der Waals surface area contributed by atoms with Crippen LogP contribution in [0.15, 0.2) is 4.99 Å². The Morgan fingerprint density at radius 3 is 3.00 bits per heavy atom. The molecule has 0 bridgehead atoms. The molecule has 3 fully saturated rings. The van der Waals surface area contributed by atoms with E-state index in [9.17, 15) is 4.79 Å². The summed E-state index contributed by atoms with van der Waals surface area (Å²) in [7, 11) is 0. The minimum atomic E-state index is -0.454. The molecule has 2 heterocycles. The van der Waals surface area contributed by atoms with E-state index in [0.29, 0.717) is 18.6 Å². The molecule has 0 aromatic carbocycles. The lowest BCUT2D eigenvalue weighted by atomic mass is 9.91. The highest BCUT2D eigenvalue weighted by molar-refractivity contribution is 6.09. The van der Waals surface area contributed by atoms with Crippen molar-refractivity contribution < 1.29 is 9.53 Å². The number of aliphatic imine (C=N–C) groups is 1. The van der Waals surface area contributed by atoms with Crippen molar-refractivity contribution in [1.82, 2.24) is 10.6 Å². The zero-order valence-electron chi connectivity index (χ0n) is 9.29. The van der Waals surface area contributed by atoms with E-state index < -0.39 is 5.54 Å². The minimum Gasteiger partial charge on any atom is -0.381 e. The first-order valence-corrected chi connectivity index (χ1v) is 6.04. The molecule has 5 nitrogen and oxygen atoms in total. The Morgan fingerprint density at radius 2 is 2.19 bits per heavy atom. The molecule has 88 valence electrons. The molecule has 1 spiro atoms. The fourth-order valence-corrected chi connectivity index (χ4v) is 2.29. The second-order valence-electron chi connectivity index (χ2n) is 4.84. The Labute approximate surface area is 94.6 Å². The van der Waals surface area contributed by atoms with Gasteiger partial charge in [-0.25, -0.2) is 4.99 Å². The van der Waals surface area contributed by atoms with Crippen LogP contribution in [0.4, 0.5) is 0 Å². The molecule has 0 aromatic heterocycles. The molecule has 1 amide bonds. The highest BCUT2D eigenvalue weighted by Gasteiger charge is 2.45. The number of nitrogens with one attached hydrogen (secondary N) is 2. The molecule has 0 radical (unpaired) electrons. The summed E-state index contributed by atoms with van der Waals surface area (Å²) >= 11 is 0. The molecule has 3 rings (SSSR count). The maximum absolute atomic E-state index is 12.0. The van der Waals surface area contributed by atoms with Crippen LogP contribution in [0.1, 0.15) is 32.1 Å². The van der Waals surface area contributed by atoms with Gasteiger partial charge in [0.15, 0.2) is 5.96 Å². The van der Waals surface area contributed by atoms with Gasteiger partial charge in [0.1, 0.15) is 5.54 Å². The van der Waals surface area contributed by atoms with Crippen LogP contribution < -0.4 is 10.6 Å². The molecule has 1 unspecified atom stereocenters. The molecule has 2 aliphatic heterocycles. The van der Waals surface area contributed by atoms with Gasteiger partial charge in [-0.3, -0.25) is 10.1 Å². The van der Waals surface area contributed by atoms with Crippen molar-refractivity contribution in [2.75, 3.05) is 13.2 Å². The van der Waals surface area contributed by atoms with Crippen molar-refractivity contribution in [2.24, 2.45) is 4.99 Å². The summed E-state index contributed by atoms with van der Waals surface area (Å²) in [5.41, 5.74) is -0.454. The van der Waals surface area contributed by atoms with Gasteiger partial charge >= 0.3 is 0 Å². The Kier molecular flexibility index (Phi) is 2.35. The largest absolute Gasteiger partial charge is 0.381 e. The maximum atomic E-state index is 12.0. The first kappa shape index (κ1) is 10.1. The van der Waals surface area contributed by atoms with Gasteiger partial charge in [0.05, 0.1) is 6.04 Å². The van der Waals surface area contributed by atoms with Crippen LogP contribution in [0.25, 0.3) is 0 Å². The van der Waals surface area contributed by atoms with Crippen LogP contribution in [0.5, 0.6) is 0 Å². The van der Waals surface area contributed by atoms with Gasteiger partial charge in [0, 0.05) is 19.6 Å². The zero-order chi connectivity index (χ0) is 11.0. The van der Waals surface area contributed by atoms with Crippen LogP contribution in [0.2, 0.25) is 0 Å². The van der Waals surface area contributed by atoms with Gasteiger partial charge in [0.25, 0.3) is 5.91 Å². The van der Waals surface area contributed by atoms with Gasteiger partial charge in [-0.15, -0.1) is 0 Å². The Hall–Kier alpha value is -1.10. The molecular weight excluding hydrogens is 206 g/mol. The predicted octanol–water partition coefficient (Wildman–Crippen LogP) is 0.163. The van der Waals surface area contributed by atoms with E-state index in [-0.39, 0.29) is 5.91 Å². The molecule has 3 aliphatic rings. The van der Waals surface area contributed by atoms with E-state index in [2.05, 4.69) is 15.6 Å². The first-order chi connectivity index (χ1) is 7.78. The number of nitrogens with zero attached hydrogens (tertiary/aromatic N) is 1. The van der Waals surface area contributed by atoms with Crippen molar-refractivity contribution in [3.63, 3.8) is 0 Å². The highest BCUT2D eigenvalue weighted by Crippen LogP contribution is 2.27. The SMILES string of the molecule is O=C1NC(=NC2CC2)NC12CCCOCC2. The van der Waals surface area contributed by atoms with E-state index in [4.69, 9.17) is 4.74 Å². The van der Waals surface area contributed by atoms with E-state index in [1.54, 1.807) is 0 Å². The second kappa shape index (κ2) is 3.73. The average Bonchev–Trinajstić information content (AvgIpc) is 3.01. The Morgan fingerprint density at radius 1 is 1.31 bits per heavy atom. The summed E-state index contributed by atoms with van der Waals surface area (Å²) < 4.78 is 5.40. The summed E-state index contributed by atoms with van der Waals surface area (Å²) in [5, 5.41) is 6.13. The number of ether oxygens (including phenoxy) is 1. The van der Waals surface area contributed by atoms with Crippen molar-refractivity contribution >= 4 is 11.9 Å². The third kappa shape index (κ3) is 1.80. The fourth-order valence-electron chi connectivity index (χ4n) is 2.29. The van der Waals surface area contributed by atoms with Crippen LogP contribution in [-0.2, 0) is 9.53 Å². The monoisotopic (exact) mass is 223 g/mol. The number of hydrogen-bond donors (Lipinski definition) is 2. The average molecular weight is 223 g/mol. The maximum Gasteiger partial charge on any atom is 0.252 e. The molecule has 1 aliphatic carbocycles. The van der Waals surface area contributed by atoms with Gasteiger partial charge in [-0.1, -0.05) is 0 Å². The molecule has 2 saturated heterocycles. The Balaban J connectivity index is 1.76. The van der Waals surface area contributed by atoms with Crippen molar-refractivity contribution in [3.05, 3.63) is 0 Å². The van der Waals surface area contributed by atoms with Crippen LogP contribution >= 0.6 is 0 Å². The summed E-state index contributed by atoms with van der Waals surface area (Å²) in [6.45, 7) is 1.41. The standard InChI is InChI=1S/C11H17N3O2/c15-9-11(4-1-6-16-7-5-11)14-10(13-9)12-8-2-3-8/h8H,1-7H2,(H2,12,13,14,15). The topological polar surface area (TPSA) is 62.7 Å². The van der Waals surface area contributed by atoms with Crippen molar-refractivity contribution in [3.8, 4) is 0 Å². The fraction of sp³-hybridized carbons (Fsp3) is 0.818. The summed E-state index contributed by atoms with van der Waals surface area (Å²) in [6.07, 6.45) is 4.80. The van der Waals surface area contributed by atoms with Crippen molar-refractivity contribution in [1.29, 1.82) is 0 Å². The summed E-state index contributed by atoms with van der Waals surface area (Å²) in [5.74, 6) is 0.742. The summed E-state index contributed by atoms with van der Waals surface area (Å²) in [4.78, 5) is 16.5. The molecular formula is C11H17N3O2. The number of amides is 1. The normalized spacial score (nSPS) is 37.2. The van der Waals surface area contributed by atoms with Crippen molar-refractivity contribution in [2.45, 2.75) is 43.7 Å². The lowest BCUT2D eigenvalue weighted by molar-refractivity contribution is -0.124. The van der Waals surface area contributed by atoms with Gasteiger partial charge in [0.2, 0.25) is 0 Å². The number of carbonyl (C=O) groups is 1. The smallest absolute Gasteiger partial charge is 0.252 e. The first-order valence-electron chi connectivity index (χ1n) is 6.04. The molecule has 0 aromatic rings. The molecule has 16 heavy (non-hydrogen) atoms. The quantitative estimate of drug-likeness (QED) is 0.666. The lowest BCUT2D eigenvalue weighted by Gasteiger charge is -2.23.